The predicted octanol–water partition coefficient (Wildman–Crippen LogP) is 5.64. The van der Waals surface area contributed by atoms with Crippen molar-refractivity contribution in [2.75, 3.05) is 13.3 Å². The van der Waals surface area contributed by atoms with Crippen molar-refractivity contribution in [1.82, 2.24) is 14.5 Å². The summed E-state index contributed by atoms with van der Waals surface area (Å²) in [7, 11) is 0. The number of nitrogens with zero attached hydrogens (tertiary/aromatic N) is 3. The Balaban J connectivity index is 1.32. The predicted molar refractivity (Wildman–Crippen MR) is 135 cm³/mol. The zero-order valence-electron chi connectivity index (χ0n) is 21.0. The third-order valence-corrected chi connectivity index (χ3v) is 7.64. The van der Waals surface area contributed by atoms with Crippen molar-refractivity contribution < 1.29 is 17.9 Å². The van der Waals surface area contributed by atoms with Crippen molar-refractivity contribution in [2.24, 2.45) is 5.92 Å². The summed E-state index contributed by atoms with van der Waals surface area (Å²) in [5.41, 5.74) is 3.50. The highest BCUT2D eigenvalue weighted by Gasteiger charge is 2.41. The minimum absolute atomic E-state index is 0.0220. The van der Waals surface area contributed by atoms with E-state index < -0.39 is 12.1 Å². The van der Waals surface area contributed by atoms with Gasteiger partial charge in [-0.15, -0.1) is 0 Å². The molecule has 0 unspecified atom stereocenters. The molecule has 0 spiro atoms. The van der Waals surface area contributed by atoms with Gasteiger partial charge in [-0.2, -0.15) is 13.2 Å². The van der Waals surface area contributed by atoms with Gasteiger partial charge in [0.25, 0.3) is 5.56 Å². The first-order chi connectivity index (χ1) is 17.8. The van der Waals surface area contributed by atoms with E-state index in [1.54, 1.807) is 4.57 Å². The van der Waals surface area contributed by atoms with Crippen LogP contribution in [-0.4, -0.2) is 40.0 Å². The smallest absolute Gasteiger partial charge is 0.363 e. The van der Waals surface area contributed by atoms with Crippen LogP contribution in [0.4, 0.5) is 13.2 Å². The van der Waals surface area contributed by atoms with Crippen LogP contribution in [0, 0.1) is 12.8 Å². The second-order valence-corrected chi connectivity index (χ2v) is 10.1. The summed E-state index contributed by atoms with van der Waals surface area (Å²) in [6.45, 7) is 3.34. The van der Waals surface area contributed by atoms with E-state index in [0.29, 0.717) is 44.9 Å². The molecule has 1 aliphatic heterocycles. The Bertz CT molecular complexity index is 1210. The highest BCUT2D eigenvalue weighted by molar-refractivity contribution is 5.34. The summed E-state index contributed by atoms with van der Waals surface area (Å²) in [5, 5.41) is 0. The molecule has 2 aliphatic rings. The van der Waals surface area contributed by atoms with E-state index in [2.05, 4.69) is 4.90 Å². The second kappa shape index (κ2) is 10.8. The number of alkyl halides is 3. The van der Waals surface area contributed by atoms with E-state index in [-0.39, 0.29) is 30.5 Å². The minimum atomic E-state index is -4.11. The number of fused-ring (bicyclic) bond motifs is 1. The third-order valence-electron chi connectivity index (χ3n) is 7.64. The summed E-state index contributed by atoms with van der Waals surface area (Å²) in [5.74, 6) is -0.561. The molecule has 1 aliphatic carbocycles. The highest BCUT2D eigenvalue weighted by Crippen LogP contribution is 2.38. The molecule has 1 aromatic heterocycles. The van der Waals surface area contributed by atoms with E-state index in [1.165, 1.54) is 0 Å². The number of aromatic nitrogens is 2. The van der Waals surface area contributed by atoms with Gasteiger partial charge in [0.15, 0.2) is 0 Å². The van der Waals surface area contributed by atoms with Gasteiger partial charge in [0, 0.05) is 18.7 Å². The lowest BCUT2D eigenvalue weighted by Gasteiger charge is -2.33. The maximum Gasteiger partial charge on any atom is 0.391 e. The summed E-state index contributed by atoms with van der Waals surface area (Å²) in [4.78, 5) is 20.8. The average molecular weight is 512 g/mol. The minimum Gasteiger partial charge on any atom is -0.363 e. The van der Waals surface area contributed by atoms with E-state index >= 15 is 0 Å². The summed E-state index contributed by atoms with van der Waals surface area (Å²) >= 11 is 0. The molecule has 196 valence electrons. The lowest BCUT2D eigenvalue weighted by Crippen LogP contribution is -2.41. The van der Waals surface area contributed by atoms with Crippen LogP contribution >= 0.6 is 0 Å². The first-order valence-electron chi connectivity index (χ1n) is 12.9. The van der Waals surface area contributed by atoms with Crippen LogP contribution in [0.15, 0.2) is 65.5 Å². The van der Waals surface area contributed by atoms with Crippen LogP contribution < -0.4 is 5.56 Å². The van der Waals surface area contributed by atoms with E-state index in [4.69, 9.17) is 9.72 Å². The lowest BCUT2D eigenvalue weighted by atomic mass is 9.87. The lowest BCUT2D eigenvalue weighted by molar-refractivity contribution is -0.189. The fourth-order valence-corrected chi connectivity index (χ4v) is 5.62. The van der Waals surface area contributed by atoms with Crippen molar-refractivity contribution in [3.05, 3.63) is 99.2 Å². The molecule has 0 bridgehead atoms. The van der Waals surface area contributed by atoms with Crippen LogP contribution in [0.25, 0.3) is 0 Å². The Morgan fingerprint density at radius 3 is 2.14 bits per heavy atom. The van der Waals surface area contributed by atoms with Gasteiger partial charge in [-0.3, -0.25) is 14.3 Å². The largest absolute Gasteiger partial charge is 0.391 e. The van der Waals surface area contributed by atoms with Crippen molar-refractivity contribution in [3.63, 3.8) is 0 Å². The monoisotopic (exact) mass is 511 g/mol. The SMILES string of the molecule is Cc1nc2c(c(=O)n1C(c1ccccc1)c1ccccc1)CCN(CO[C@H]1CC[C@H](C(F)(F)F)CC1)C2. The molecule has 0 amide bonds. The van der Waals surface area contributed by atoms with Gasteiger partial charge in [0.05, 0.1) is 30.5 Å². The third kappa shape index (κ3) is 5.65. The van der Waals surface area contributed by atoms with E-state index in [1.807, 2.05) is 67.6 Å². The fraction of sp³-hybridized carbons (Fsp3) is 0.448. The van der Waals surface area contributed by atoms with Crippen molar-refractivity contribution >= 4 is 0 Å². The standard InChI is InChI=1S/C29H32F3N3O2/c1-20-33-26-18-34(19-37-24-14-12-23(13-15-24)29(30,31)32)17-16-25(26)28(36)35(20)27(21-8-4-2-5-9-21)22-10-6-3-7-11-22/h2-11,23-24,27H,12-19H2,1H3/t23-,24-. The van der Waals surface area contributed by atoms with E-state index in [0.717, 1.165) is 22.4 Å². The number of benzene rings is 2. The first-order valence-corrected chi connectivity index (χ1v) is 12.9. The van der Waals surface area contributed by atoms with Gasteiger partial charge >= 0.3 is 6.18 Å². The molecule has 37 heavy (non-hydrogen) atoms. The number of hydrogen-bond donors (Lipinski definition) is 0. The molecule has 5 nitrogen and oxygen atoms in total. The van der Waals surface area contributed by atoms with Crippen LogP contribution in [0.3, 0.4) is 0 Å². The number of halogens is 3. The molecule has 1 saturated carbocycles. The number of aryl methyl sites for hydroxylation is 1. The molecular weight excluding hydrogens is 479 g/mol. The van der Waals surface area contributed by atoms with Crippen LogP contribution in [-0.2, 0) is 17.7 Å². The van der Waals surface area contributed by atoms with Gasteiger partial charge in [0.1, 0.15) is 5.82 Å². The molecule has 8 heteroatoms. The average Bonchev–Trinajstić information content (AvgIpc) is 2.90. The van der Waals surface area contributed by atoms with Crippen LogP contribution in [0.1, 0.15) is 59.9 Å². The van der Waals surface area contributed by atoms with Crippen molar-refractivity contribution in [2.45, 2.75) is 63.9 Å². The fourth-order valence-electron chi connectivity index (χ4n) is 5.62. The van der Waals surface area contributed by atoms with Gasteiger partial charge in [-0.05, 0) is 50.2 Å². The molecule has 2 heterocycles. The molecule has 1 fully saturated rings. The maximum atomic E-state index is 13.8. The highest BCUT2D eigenvalue weighted by atomic mass is 19.4. The maximum absolute atomic E-state index is 13.8. The Morgan fingerprint density at radius 2 is 1.57 bits per heavy atom. The molecule has 2 aromatic carbocycles. The number of ether oxygens (including phenoxy) is 1. The topological polar surface area (TPSA) is 47.4 Å². The quantitative estimate of drug-likeness (QED) is 0.430. The molecular formula is C29H32F3N3O2. The first kappa shape index (κ1) is 25.7. The second-order valence-electron chi connectivity index (χ2n) is 10.1. The van der Waals surface area contributed by atoms with Crippen LogP contribution in [0.5, 0.6) is 0 Å². The Morgan fingerprint density at radius 1 is 0.973 bits per heavy atom. The zero-order valence-corrected chi connectivity index (χ0v) is 21.0. The van der Waals surface area contributed by atoms with Crippen molar-refractivity contribution in [3.8, 4) is 0 Å². The summed E-state index contributed by atoms with van der Waals surface area (Å²) < 4.78 is 46.6. The number of hydrogen-bond acceptors (Lipinski definition) is 4. The molecule has 0 saturated heterocycles. The molecule has 0 radical (unpaired) electrons. The zero-order chi connectivity index (χ0) is 26.0. The summed E-state index contributed by atoms with van der Waals surface area (Å²) in [6.07, 6.45) is -2.60. The van der Waals surface area contributed by atoms with Gasteiger partial charge < -0.3 is 4.74 Å². The van der Waals surface area contributed by atoms with Crippen molar-refractivity contribution in [1.29, 1.82) is 0 Å². The van der Waals surface area contributed by atoms with Gasteiger partial charge in [-0.1, -0.05) is 60.7 Å². The summed E-state index contributed by atoms with van der Waals surface area (Å²) in [6, 6.07) is 19.7. The van der Waals surface area contributed by atoms with Crippen LogP contribution in [0.2, 0.25) is 0 Å². The number of rotatable bonds is 6. The Kier molecular flexibility index (Phi) is 7.49. The molecule has 0 N–H and O–H groups in total. The normalized spacial score (nSPS) is 20.7. The van der Waals surface area contributed by atoms with Gasteiger partial charge in [-0.25, -0.2) is 4.98 Å². The molecule has 0 atom stereocenters. The Hall–Kier alpha value is -2.97. The molecule has 3 aromatic rings. The Labute approximate surface area is 214 Å². The van der Waals surface area contributed by atoms with E-state index in [9.17, 15) is 18.0 Å². The molecule has 5 rings (SSSR count). The van der Waals surface area contributed by atoms with Gasteiger partial charge in [0.2, 0.25) is 0 Å².